The van der Waals surface area contributed by atoms with E-state index < -0.39 is 0 Å². The summed E-state index contributed by atoms with van der Waals surface area (Å²) in [6.45, 7) is 7.44. The van der Waals surface area contributed by atoms with Crippen molar-refractivity contribution in [3.05, 3.63) is 47.2 Å². The van der Waals surface area contributed by atoms with Crippen LogP contribution >= 0.6 is 0 Å². The van der Waals surface area contributed by atoms with Crippen LogP contribution < -0.4 is 4.90 Å². The van der Waals surface area contributed by atoms with Crippen molar-refractivity contribution in [3.63, 3.8) is 0 Å². The van der Waals surface area contributed by atoms with Crippen LogP contribution in [0, 0.1) is 6.92 Å². The second kappa shape index (κ2) is 7.41. The molecule has 1 aliphatic carbocycles. The highest BCUT2D eigenvalue weighted by molar-refractivity contribution is 5.42. The van der Waals surface area contributed by atoms with Gasteiger partial charge in [-0.05, 0) is 51.3 Å². The lowest BCUT2D eigenvalue weighted by Crippen LogP contribution is -2.46. The highest BCUT2D eigenvalue weighted by atomic mass is 15.3. The topological polar surface area (TPSA) is 48.4 Å². The van der Waals surface area contributed by atoms with Gasteiger partial charge >= 0.3 is 0 Å². The van der Waals surface area contributed by atoms with Crippen molar-refractivity contribution < 1.29 is 0 Å². The highest BCUT2D eigenvalue weighted by Crippen LogP contribution is 2.44. The first-order chi connectivity index (χ1) is 13.7. The molecule has 2 aromatic rings. The van der Waals surface area contributed by atoms with Gasteiger partial charge in [0.2, 0.25) is 0 Å². The number of piperazine rings is 1. The molecular weight excluding hydrogens is 348 g/mol. The maximum atomic E-state index is 4.86. The number of aromatic nitrogens is 3. The second-order valence-corrected chi connectivity index (χ2v) is 8.49. The molecular formula is C22H30N6. The number of likely N-dealkylation sites (tertiary alicyclic amines) is 1. The number of anilines is 1. The predicted octanol–water partition coefficient (Wildman–Crippen LogP) is 2.76. The molecule has 0 amide bonds. The molecule has 0 aromatic carbocycles. The molecule has 6 heteroatoms. The molecule has 0 spiro atoms. The Kier molecular flexibility index (Phi) is 4.77. The van der Waals surface area contributed by atoms with Crippen LogP contribution in [0.25, 0.3) is 0 Å². The summed E-state index contributed by atoms with van der Waals surface area (Å²) >= 11 is 0. The Morgan fingerprint density at radius 3 is 2.64 bits per heavy atom. The third kappa shape index (κ3) is 3.29. The lowest BCUT2D eigenvalue weighted by atomic mass is 9.86. The van der Waals surface area contributed by atoms with E-state index in [1.54, 1.807) is 0 Å². The minimum atomic E-state index is 0.394. The fourth-order valence-electron chi connectivity index (χ4n) is 4.95. The quantitative estimate of drug-likeness (QED) is 0.819. The third-order valence-corrected chi connectivity index (χ3v) is 6.64. The van der Waals surface area contributed by atoms with Gasteiger partial charge < -0.3 is 9.80 Å². The van der Waals surface area contributed by atoms with Crippen LogP contribution in [0.1, 0.15) is 54.1 Å². The van der Waals surface area contributed by atoms with Gasteiger partial charge in [0.25, 0.3) is 0 Å². The molecule has 1 unspecified atom stereocenters. The third-order valence-electron chi connectivity index (χ3n) is 6.64. The van der Waals surface area contributed by atoms with E-state index in [1.807, 2.05) is 13.1 Å². The second-order valence-electron chi connectivity index (χ2n) is 8.49. The van der Waals surface area contributed by atoms with Crippen LogP contribution in [0.15, 0.2) is 24.4 Å². The molecule has 2 fully saturated rings. The maximum absolute atomic E-state index is 4.86. The van der Waals surface area contributed by atoms with Crippen LogP contribution in [-0.4, -0.2) is 64.5 Å². The number of pyridine rings is 1. The van der Waals surface area contributed by atoms with Crippen molar-refractivity contribution in [1.82, 2.24) is 24.8 Å². The molecule has 4 heterocycles. The molecule has 5 rings (SSSR count). The average molecular weight is 379 g/mol. The first kappa shape index (κ1) is 18.0. The van der Waals surface area contributed by atoms with Crippen LogP contribution in [0.4, 0.5) is 5.82 Å². The van der Waals surface area contributed by atoms with E-state index in [9.17, 15) is 0 Å². The van der Waals surface area contributed by atoms with Gasteiger partial charge in [-0.15, -0.1) is 0 Å². The molecule has 28 heavy (non-hydrogen) atoms. The summed E-state index contributed by atoms with van der Waals surface area (Å²) in [4.78, 5) is 21.8. The summed E-state index contributed by atoms with van der Waals surface area (Å²) in [7, 11) is 2.19. The fourth-order valence-corrected chi connectivity index (χ4v) is 4.95. The van der Waals surface area contributed by atoms with Gasteiger partial charge in [0.15, 0.2) is 0 Å². The first-order valence-corrected chi connectivity index (χ1v) is 10.7. The number of aryl methyl sites for hydroxylation is 2. The molecule has 2 aliphatic heterocycles. The maximum Gasteiger partial charge on any atom is 0.132 e. The van der Waals surface area contributed by atoms with E-state index in [0.717, 1.165) is 44.4 Å². The zero-order valence-corrected chi connectivity index (χ0v) is 17.0. The highest BCUT2D eigenvalue weighted by Gasteiger charge is 2.39. The number of hydrogen-bond donors (Lipinski definition) is 0. The van der Waals surface area contributed by atoms with E-state index in [-0.39, 0.29) is 0 Å². The standard InChI is InChI=1S/C22H30N6/c1-16-24-18(15-21(25-16)27-13-11-26(2)12-14-27)19-8-10-28(19)20-7-3-5-17-6-4-9-23-22(17)20/h4,6,9,15,19-20H,3,5,7-8,10-14H2,1-2H3/t19-,20?/m1/s1. The first-order valence-electron chi connectivity index (χ1n) is 10.7. The Hall–Kier alpha value is -2.05. The molecule has 0 saturated carbocycles. The fraction of sp³-hybridized carbons (Fsp3) is 0.591. The minimum absolute atomic E-state index is 0.394. The molecule has 3 aliphatic rings. The van der Waals surface area contributed by atoms with Gasteiger partial charge in [-0.1, -0.05) is 6.07 Å². The molecule has 2 saturated heterocycles. The van der Waals surface area contributed by atoms with Gasteiger partial charge in [-0.2, -0.15) is 0 Å². The van der Waals surface area contributed by atoms with Crippen molar-refractivity contribution in [2.24, 2.45) is 0 Å². The van der Waals surface area contributed by atoms with Gasteiger partial charge in [0, 0.05) is 45.0 Å². The van der Waals surface area contributed by atoms with Crippen molar-refractivity contribution in [1.29, 1.82) is 0 Å². The number of hydrogen-bond acceptors (Lipinski definition) is 6. The molecule has 6 nitrogen and oxygen atoms in total. The summed E-state index contributed by atoms with van der Waals surface area (Å²) in [5, 5.41) is 0. The van der Waals surface area contributed by atoms with Crippen LogP contribution in [0.5, 0.6) is 0 Å². The Labute approximate surface area is 167 Å². The SMILES string of the molecule is Cc1nc([C@H]2CCN2C2CCCc3cccnc32)cc(N2CCN(C)CC2)n1. The van der Waals surface area contributed by atoms with E-state index in [1.165, 1.54) is 42.6 Å². The minimum Gasteiger partial charge on any atom is -0.354 e. The van der Waals surface area contributed by atoms with Crippen molar-refractivity contribution >= 4 is 5.82 Å². The molecule has 0 N–H and O–H groups in total. The molecule has 148 valence electrons. The molecule has 2 aromatic heterocycles. The number of fused-ring (bicyclic) bond motifs is 1. The molecule has 0 bridgehead atoms. The number of rotatable bonds is 3. The molecule has 0 radical (unpaired) electrons. The van der Waals surface area contributed by atoms with Gasteiger partial charge in [-0.3, -0.25) is 9.88 Å². The Morgan fingerprint density at radius 1 is 1.00 bits per heavy atom. The lowest BCUT2D eigenvalue weighted by Gasteiger charge is -2.47. The Morgan fingerprint density at radius 2 is 1.86 bits per heavy atom. The van der Waals surface area contributed by atoms with Gasteiger partial charge in [0.05, 0.1) is 23.5 Å². The van der Waals surface area contributed by atoms with Crippen molar-refractivity contribution in [3.8, 4) is 0 Å². The van der Waals surface area contributed by atoms with Crippen LogP contribution in [-0.2, 0) is 6.42 Å². The lowest BCUT2D eigenvalue weighted by molar-refractivity contribution is 0.0263. The van der Waals surface area contributed by atoms with E-state index in [2.05, 4.69) is 39.9 Å². The zero-order valence-electron chi connectivity index (χ0n) is 17.0. The summed E-state index contributed by atoms with van der Waals surface area (Å²) in [6, 6.07) is 7.41. The summed E-state index contributed by atoms with van der Waals surface area (Å²) < 4.78 is 0. The Balaban J connectivity index is 1.40. The predicted molar refractivity (Wildman–Crippen MR) is 110 cm³/mol. The monoisotopic (exact) mass is 378 g/mol. The summed E-state index contributed by atoms with van der Waals surface area (Å²) in [5.74, 6) is 1.99. The van der Waals surface area contributed by atoms with Gasteiger partial charge in [0.1, 0.15) is 11.6 Å². The molecule has 2 atom stereocenters. The number of likely N-dealkylation sites (N-methyl/N-ethyl adjacent to an activating group) is 1. The number of nitrogens with zero attached hydrogens (tertiary/aromatic N) is 6. The Bertz CT molecular complexity index is 845. The van der Waals surface area contributed by atoms with E-state index >= 15 is 0 Å². The average Bonchev–Trinajstić information content (AvgIpc) is 2.67. The van der Waals surface area contributed by atoms with Crippen LogP contribution in [0.3, 0.4) is 0 Å². The zero-order chi connectivity index (χ0) is 19.1. The smallest absolute Gasteiger partial charge is 0.132 e. The summed E-state index contributed by atoms with van der Waals surface area (Å²) in [5.41, 5.74) is 3.92. The van der Waals surface area contributed by atoms with Crippen molar-refractivity contribution in [2.45, 2.75) is 44.7 Å². The van der Waals surface area contributed by atoms with E-state index in [4.69, 9.17) is 15.0 Å². The van der Waals surface area contributed by atoms with Gasteiger partial charge in [-0.25, -0.2) is 9.97 Å². The van der Waals surface area contributed by atoms with Crippen LogP contribution in [0.2, 0.25) is 0 Å². The largest absolute Gasteiger partial charge is 0.354 e. The normalized spacial score (nSPS) is 26.0. The summed E-state index contributed by atoms with van der Waals surface area (Å²) in [6.07, 6.45) is 6.75. The van der Waals surface area contributed by atoms with E-state index in [0.29, 0.717) is 12.1 Å². The van der Waals surface area contributed by atoms with Crippen molar-refractivity contribution in [2.75, 3.05) is 44.7 Å².